The first kappa shape index (κ1) is 17.9. The van der Waals surface area contributed by atoms with Gasteiger partial charge in [-0.3, -0.25) is 14.2 Å². The number of thiophene rings is 1. The van der Waals surface area contributed by atoms with Gasteiger partial charge in [-0.25, -0.2) is 4.79 Å². The first-order valence-electron chi connectivity index (χ1n) is 9.15. The number of hydrogen-bond acceptors (Lipinski definition) is 4. The molecule has 2 aromatic rings. The SMILES string of the molecule is O=C(CCCCn1c(=O)[nH]c2ccsc2c1=O)NC1CCCCCC1. The van der Waals surface area contributed by atoms with E-state index in [0.29, 0.717) is 42.1 Å². The van der Waals surface area contributed by atoms with E-state index >= 15 is 0 Å². The minimum atomic E-state index is -0.376. The Morgan fingerprint density at radius 3 is 2.72 bits per heavy atom. The van der Waals surface area contributed by atoms with Gasteiger partial charge < -0.3 is 10.3 Å². The van der Waals surface area contributed by atoms with E-state index < -0.39 is 0 Å². The quantitative estimate of drug-likeness (QED) is 0.611. The van der Waals surface area contributed by atoms with Gasteiger partial charge in [-0.1, -0.05) is 25.7 Å². The molecule has 1 aliphatic carbocycles. The van der Waals surface area contributed by atoms with Crippen molar-refractivity contribution in [3.63, 3.8) is 0 Å². The summed E-state index contributed by atoms with van der Waals surface area (Å²) in [7, 11) is 0. The average Bonchev–Trinajstić information content (AvgIpc) is 2.90. The number of nitrogens with one attached hydrogen (secondary N) is 2. The second kappa shape index (κ2) is 8.47. The predicted molar refractivity (Wildman–Crippen MR) is 100 cm³/mol. The molecule has 1 amide bonds. The highest BCUT2D eigenvalue weighted by Crippen LogP contribution is 2.17. The van der Waals surface area contributed by atoms with Crippen LogP contribution in [-0.2, 0) is 11.3 Å². The lowest BCUT2D eigenvalue weighted by Crippen LogP contribution is -2.35. The van der Waals surface area contributed by atoms with E-state index in [1.807, 2.05) is 0 Å². The summed E-state index contributed by atoms with van der Waals surface area (Å²) in [5.41, 5.74) is -0.0190. The van der Waals surface area contributed by atoms with E-state index in [0.717, 1.165) is 12.8 Å². The van der Waals surface area contributed by atoms with Gasteiger partial charge in [0.15, 0.2) is 0 Å². The summed E-state index contributed by atoms with van der Waals surface area (Å²) in [6.45, 7) is 0.346. The lowest BCUT2D eigenvalue weighted by atomic mass is 10.1. The molecule has 136 valence electrons. The van der Waals surface area contributed by atoms with Crippen molar-refractivity contribution in [2.75, 3.05) is 0 Å². The smallest absolute Gasteiger partial charge is 0.328 e. The Bertz CT molecular complexity index is 828. The molecular formula is C18H25N3O3S. The van der Waals surface area contributed by atoms with Crippen LogP contribution in [0, 0.1) is 0 Å². The maximum atomic E-state index is 12.3. The number of hydrogen-bond donors (Lipinski definition) is 2. The molecule has 2 N–H and O–H groups in total. The fraction of sp³-hybridized carbons (Fsp3) is 0.611. The molecule has 0 bridgehead atoms. The van der Waals surface area contributed by atoms with Gasteiger partial charge in [0.2, 0.25) is 5.91 Å². The fourth-order valence-corrected chi connectivity index (χ4v) is 4.25. The molecule has 6 nitrogen and oxygen atoms in total. The monoisotopic (exact) mass is 363 g/mol. The van der Waals surface area contributed by atoms with Gasteiger partial charge in [0.05, 0.1) is 5.52 Å². The summed E-state index contributed by atoms with van der Waals surface area (Å²) in [6.07, 6.45) is 8.85. The van der Waals surface area contributed by atoms with Crippen molar-refractivity contribution in [2.24, 2.45) is 0 Å². The molecule has 25 heavy (non-hydrogen) atoms. The predicted octanol–water partition coefficient (Wildman–Crippen LogP) is 2.76. The van der Waals surface area contributed by atoms with Crippen LogP contribution in [0.1, 0.15) is 57.8 Å². The number of rotatable bonds is 6. The van der Waals surface area contributed by atoms with Crippen molar-refractivity contribution in [3.8, 4) is 0 Å². The summed E-state index contributed by atoms with van der Waals surface area (Å²) in [5.74, 6) is 0.0851. The van der Waals surface area contributed by atoms with Gasteiger partial charge in [-0.05, 0) is 37.1 Å². The summed E-state index contributed by atoms with van der Waals surface area (Å²) in [6, 6.07) is 2.06. The van der Waals surface area contributed by atoms with Crippen molar-refractivity contribution in [3.05, 3.63) is 32.3 Å². The second-order valence-electron chi connectivity index (χ2n) is 6.76. The van der Waals surface area contributed by atoms with Crippen molar-refractivity contribution in [2.45, 2.75) is 70.4 Å². The largest absolute Gasteiger partial charge is 0.353 e. The second-order valence-corrected chi connectivity index (χ2v) is 7.68. The maximum Gasteiger partial charge on any atom is 0.328 e. The summed E-state index contributed by atoms with van der Waals surface area (Å²) < 4.78 is 1.81. The third-order valence-corrected chi connectivity index (χ3v) is 5.75. The zero-order valence-electron chi connectivity index (χ0n) is 14.4. The van der Waals surface area contributed by atoms with E-state index in [9.17, 15) is 14.4 Å². The van der Waals surface area contributed by atoms with Crippen molar-refractivity contribution >= 4 is 27.5 Å². The van der Waals surface area contributed by atoms with Crippen LogP contribution in [0.25, 0.3) is 10.2 Å². The standard InChI is InChI=1S/C18H25N3O3S/c22-15(19-13-7-3-1-2-4-8-13)9-5-6-11-21-17(23)16-14(10-12-25-16)20-18(21)24/h10,12-13H,1-9,11H2,(H,19,22)(H,20,24). The third kappa shape index (κ3) is 4.60. The van der Waals surface area contributed by atoms with Crippen LogP contribution in [0.3, 0.4) is 0 Å². The van der Waals surface area contributed by atoms with Crippen LogP contribution in [-0.4, -0.2) is 21.5 Å². The van der Waals surface area contributed by atoms with Crippen molar-refractivity contribution in [1.82, 2.24) is 14.9 Å². The summed E-state index contributed by atoms with van der Waals surface area (Å²) >= 11 is 1.33. The van der Waals surface area contributed by atoms with Crippen LogP contribution in [0.4, 0.5) is 0 Å². The highest BCUT2D eigenvalue weighted by Gasteiger charge is 2.14. The highest BCUT2D eigenvalue weighted by atomic mass is 32.1. The molecule has 0 saturated heterocycles. The molecule has 2 aromatic heterocycles. The number of aromatic amines is 1. The fourth-order valence-electron chi connectivity index (χ4n) is 3.45. The van der Waals surface area contributed by atoms with Gasteiger partial charge in [-0.2, -0.15) is 0 Å². The van der Waals surface area contributed by atoms with E-state index in [4.69, 9.17) is 0 Å². The third-order valence-electron chi connectivity index (χ3n) is 4.85. The van der Waals surface area contributed by atoms with Gasteiger partial charge >= 0.3 is 5.69 Å². The maximum absolute atomic E-state index is 12.3. The van der Waals surface area contributed by atoms with Gasteiger partial charge in [0.1, 0.15) is 4.70 Å². The molecule has 1 saturated carbocycles. The van der Waals surface area contributed by atoms with Gasteiger partial charge in [-0.15, -0.1) is 11.3 Å². The Hall–Kier alpha value is -1.89. The van der Waals surface area contributed by atoms with Crippen LogP contribution in [0.5, 0.6) is 0 Å². The molecule has 0 atom stereocenters. The number of amides is 1. The lowest BCUT2D eigenvalue weighted by molar-refractivity contribution is -0.122. The Morgan fingerprint density at radius 1 is 1.20 bits per heavy atom. The van der Waals surface area contributed by atoms with Crippen LogP contribution < -0.4 is 16.6 Å². The Balaban J connectivity index is 1.47. The molecule has 1 aliphatic rings. The number of unbranched alkanes of at least 4 members (excludes halogenated alkanes) is 1. The number of fused-ring (bicyclic) bond motifs is 1. The average molecular weight is 363 g/mol. The number of H-pyrrole nitrogens is 1. The molecule has 0 aliphatic heterocycles. The first-order chi connectivity index (χ1) is 12.1. The normalized spacial score (nSPS) is 16.0. The molecule has 0 spiro atoms. The van der Waals surface area contributed by atoms with Crippen LogP contribution in [0.2, 0.25) is 0 Å². The summed E-state index contributed by atoms with van der Waals surface area (Å²) in [5, 5.41) is 4.92. The zero-order chi connectivity index (χ0) is 17.6. The highest BCUT2D eigenvalue weighted by molar-refractivity contribution is 7.17. The Morgan fingerprint density at radius 2 is 1.96 bits per heavy atom. The minimum absolute atomic E-state index is 0.0851. The topological polar surface area (TPSA) is 84.0 Å². The molecule has 3 rings (SSSR count). The molecular weight excluding hydrogens is 338 g/mol. The van der Waals surface area contributed by atoms with Crippen molar-refractivity contribution < 1.29 is 4.79 Å². The first-order valence-corrected chi connectivity index (χ1v) is 10.0. The van der Waals surface area contributed by atoms with Gasteiger partial charge in [0.25, 0.3) is 5.56 Å². The number of nitrogens with zero attached hydrogens (tertiary/aromatic N) is 1. The molecule has 2 heterocycles. The number of aromatic nitrogens is 2. The van der Waals surface area contributed by atoms with E-state index in [-0.39, 0.29) is 17.2 Å². The molecule has 7 heteroatoms. The Kier molecular flexibility index (Phi) is 6.07. The van der Waals surface area contributed by atoms with Gasteiger partial charge in [0, 0.05) is 19.0 Å². The Labute approximate surface area is 150 Å². The van der Waals surface area contributed by atoms with E-state index in [1.165, 1.54) is 41.6 Å². The minimum Gasteiger partial charge on any atom is -0.353 e. The van der Waals surface area contributed by atoms with Crippen molar-refractivity contribution in [1.29, 1.82) is 0 Å². The van der Waals surface area contributed by atoms with E-state index in [2.05, 4.69) is 10.3 Å². The molecule has 1 fully saturated rings. The molecule has 0 aromatic carbocycles. The van der Waals surface area contributed by atoms with E-state index in [1.54, 1.807) is 11.4 Å². The van der Waals surface area contributed by atoms with Crippen LogP contribution in [0.15, 0.2) is 21.0 Å². The lowest BCUT2D eigenvalue weighted by Gasteiger charge is -2.16. The molecule has 0 unspecified atom stereocenters. The summed E-state index contributed by atoms with van der Waals surface area (Å²) in [4.78, 5) is 39.1. The zero-order valence-corrected chi connectivity index (χ0v) is 15.2. The molecule has 0 radical (unpaired) electrons. The van der Waals surface area contributed by atoms with Crippen LogP contribution >= 0.6 is 11.3 Å². The number of carbonyl (C=O) groups is 1. The number of carbonyl (C=O) groups excluding carboxylic acids is 1.